The van der Waals surface area contributed by atoms with Gasteiger partial charge in [-0.25, -0.2) is 4.79 Å². The predicted octanol–water partition coefficient (Wildman–Crippen LogP) is 3.05. The van der Waals surface area contributed by atoms with E-state index < -0.39 is 11.7 Å². The number of hydrogen-bond donors (Lipinski definition) is 1. The number of primary amides is 1. The Labute approximate surface area is 96.6 Å². The van der Waals surface area contributed by atoms with Gasteiger partial charge in [-0.05, 0) is 31.7 Å². The minimum Gasteiger partial charge on any atom is -0.444 e. The van der Waals surface area contributed by atoms with Crippen molar-refractivity contribution in [1.29, 1.82) is 0 Å². The standard InChI is InChI=1S/C13H19NO2/c1-10(11-7-5-4-6-8-11)9-13(2,3)16-12(14)15/h4-8,10H,9H2,1-3H3,(H2,14,15)/t10-/m0/s1. The maximum Gasteiger partial charge on any atom is 0.405 e. The number of carbonyl (C=O) groups excluding carboxylic acids is 1. The molecule has 16 heavy (non-hydrogen) atoms. The number of ether oxygens (including phenoxy) is 1. The fourth-order valence-electron chi connectivity index (χ4n) is 1.95. The molecule has 1 amide bonds. The first-order chi connectivity index (χ1) is 7.41. The molecule has 0 aliphatic rings. The van der Waals surface area contributed by atoms with E-state index in [0.29, 0.717) is 5.92 Å². The van der Waals surface area contributed by atoms with Gasteiger partial charge in [0.15, 0.2) is 0 Å². The fourth-order valence-corrected chi connectivity index (χ4v) is 1.95. The zero-order chi connectivity index (χ0) is 12.2. The number of hydrogen-bond acceptors (Lipinski definition) is 2. The van der Waals surface area contributed by atoms with E-state index in [0.717, 1.165) is 6.42 Å². The summed E-state index contributed by atoms with van der Waals surface area (Å²) in [6.45, 7) is 5.86. The average molecular weight is 221 g/mol. The Bertz CT molecular complexity index is 346. The second kappa shape index (κ2) is 5.01. The van der Waals surface area contributed by atoms with Crippen molar-refractivity contribution in [1.82, 2.24) is 0 Å². The van der Waals surface area contributed by atoms with Crippen LogP contribution in [0.3, 0.4) is 0 Å². The number of benzene rings is 1. The highest BCUT2D eigenvalue weighted by atomic mass is 16.6. The van der Waals surface area contributed by atoms with Gasteiger partial charge in [-0.2, -0.15) is 0 Å². The molecule has 0 unspecified atom stereocenters. The minimum absolute atomic E-state index is 0.329. The molecule has 88 valence electrons. The SMILES string of the molecule is C[C@@H](CC(C)(C)OC(N)=O)c1ccccc1. The van der Waals surface area contributed by atoms with Gasteiger partial charge in [0.1, 0.15) is 5.60 Å². The van der Waals surface area contributed by atoms with Crippen LogP contribution in [0.4, 0.5) is 4.79 Å². The van der Waals surface area contributed by atoms with Crippen LogP contribution in [0.1, 0.15) is 38.7 Å². The molecule has 0 heterocycles. The van der Waals surface area contributed by atoms with Crippen LogP contribution >= 0.6 is 0 Å². The van der Waals surface area contributed by atoms with E-state index in [1.54, 1.807) is 0 Å². The van der Waals surface area contributed by atoms with E-state index in [-0.39, 0.29) is 0 Å². The van der Waals surface area contributed by atoms with Crippen molar-refractivity contribution in [3.63, 3.8) is 0 Å². The quantitative estimate of drug-likeness (QED) is 0.849. The first-order valence-electron chi connectivity index (χ1n) is 5.44. The normalized spacial score (nSPS) is 13.2. The van der Waals surface area contributed by atoms with Crippen molar-refractivity contribution in [2.45, 2.75) is 38.7 Å². The van der Waals surface area contributed by atoms with Crippen molar-refractivity contribution in [2.75, 3.05) is 0 Å². The molecule has 2 N–H and O–H groups in total. The van der Waals surface area contributed by atoms with Crippen LogP contribution < -0.4 is 5.73 Å². The highest BCUT2D eigenvalue weighted by Gasteiger charge is 2.25. The van der Waals surface area contributed by atoms with Crippen LogP contribution in [0.5, 0.6) is 0 Å². The highest BCUT2D eigenvalue weighted by Crippen LogP contribution is 2.27. The van der Waals surface area contributed by atoms with E-state index >= 15 is 0 Å². The maximum atomic E-state index is 10.7. The van der Waals surface area contributed by atoms with Gasteiger partial charge in [-0.1, -0.05) is 37.3 Å². The summed E-state index contributed by atoms with van der Waals surface area (Å²) in [6, 6.07) is 10.2. The molecule has 1 aromatic rings. The van der Waals surface area contributed by atoms with Crippen LogP contribution in [-0.4, -0.2) is 11.7 Å². The van der Waals surface area contributed by atoms with Crippen molar-refractivity contribution < 1.29 is 9.53 Å². The summed E-state index contributed by atoms with van der Waals surface area (Å²) in [5.74, 6) is 0.329. The van der Waals surface area contributed by atoms with Gasteiger partial charge < -0.3 is 10.5 Å². The minimum atomic E-state index is -0.717. The summed E-state index contributed by atoms with van der Waals surface area (Å²) >= 11 is 0. The molecule has 1 atom stereocenters. The topological polar surface area (TPSA) is 52.3 Å². The van der Waals surface area contributed by atoms with Crippen LogP contribution in [-0.2, 0) is 4.74 Å². The number of nitrogens with two attached hydrogens (primary N) is 1. The zero-order valence-corrected chi connectivity index (χ0v) is 10.1. The first-order valence-corrected chi connectivity index (χ1v) is 5.44. The third-order valence-electron chi connectivity index (χ3n) is 2.54. The molecule has 0 aliphatic heterocycles. The van der Waals surface area contributed by atoms with Crippen LogP contribution in [0.25, 0.3) is 0 Å². The molecule has 0 saturated carbocycles. The van der Waals surface area contributed by atoms with E-state index in [9.17, 15) is 4.79 Å². The van der Waals surface area contributed by atoms with Crippen LogP contribution in [0.2, 0.25) is 0 Å². The average Bonchev–Trinajstić information content (AvgIpc) is 2.16. The lowest BCUT2D eigenvalue weighted by Gasteiger charge is -2.27. The predicted molar refractivity (Wildman–Crippen MR) is 64.2 cm³/mol. The fraction of sp³-hybridized carbons (Fsp3) is 0.462. The smallest absolute Gasteiger partial charge is 0.405 e. The van der Waals surface area contributed by atoms with Crippen molar-refractivity contribution in [3.8, 4) is 0 Å². The molecule has 0 bridgehead atoms. The Balaban J connectivity index is 2.64. The molecule has 3 nitrogen and oxygen atoms in total. The van der Waals surface area contributed by atoms with Gasteiger partial charge in [0.2, 0.25) is 0 Å². The Morgan fingerprint density at radius 1 is 1.38 bits per heavy atom. The van der Waals surface area contributed by atoms with Crippen molar-refractivity contribution in [2.24, 2.45) is 5.73 Å². The summed E-state index contributed by atoms with van der Waals surface area (Å²) in [5.41, 5.74) is 5.74. The maximum absolute atomic E-state index is 10.7. The molecule has 1 aromatic carbocycles. The molecule has 1 rings (SSSR count). The van der Waals surface area contributed by atoms with E-state index in [1.807, 2.05) is 32.0 Å². The van der Waals surface area contributed by atoms with E-state index in [1.165, 1.54) is 5.56 Å². The molecular weight excluding hydrogens is 202 g/mol. The van der Waals surface area contributed by atoms with Crippen molar-refractivity contribution >= 4 is 6.09 Å². The van der Waals surface area contributed by atoms with E-state index in [2.05, 4.69) is 19.1 Å². The lowest BCUT2D eigenvalue weighted by atomic mass is 9.89. The van der Waals surface area contributed by atoms with Crippen LogP contribution in [0, 0.1) is 0 Å². The van der Waals surface area contributed by atoms with Gasteiger partial charge in [0.25, 0.3) is 0 Å². The molecule has 0 aromatic heterocycles. The Morgan fingerprint density at radius 3 is 2.44 bits per heavy atom. The number of rotatable bonds is 4. The Morgan fingerprint density at radius 2 is 1.94 bits per heavy atom. The number of amides is 1. The van der Waals surface area contributed by atoms with E-state index in [4.69, 9.17) is 10.5 Å². The Hall–Kier alpha value is -1.51. The van der Waals surface area contributed by atoms with Gasteiger partial charge in [-0.3, -0.25) is 0 Å². The summed E-state index contributed by atoms with van der Waals surface area (Å²) in [7, 11) is 0. The first kappa shape index (κ1) is 12.6. The van der Waals surface area contributed by atoms with Gasteiger partial charge in [-0.15, -0.1) is 0 Å². The third-order valence-corrected chi connectivity index (χ3v) is 2.54. The van der Waals surface area contributed by atoms with Gasteiger partial charge in [0, 0.05) is 0 Å². The molecule has 0 aliphatic carbocycles. The van der Waals surface area contributed by atoms with Gasteiger partial charge >= 0.3 is 6.09 Å². The Kier molecular flexibility index (Phi) is 3.93. The molecule has 3 heteroatoms. The lowest BCUT2D eigenvalue weighted by molar-refractivity contribution is 0.0349. The summed E-state index contributed by atoms with van der Waals surface area (Å²) < 4.78 is 5.07. The highest BCUT2D eigenvalue weighted by molar-refractivity contribution is 5.65. The molecule has 0 spiro atoms. The monoisotopic (exact) mass is 221 g/mol. The molecule has 0 saturated heterocycles. The van der Waals surface area contributed by atoms with Crippen LogP contribution in [0.15, 0.2) is 30.3 Å². The third kappa shape index (κ3) is 3.93. The molecule has 0 radical (unpaired) electrons. The second-order valence-electron chi connectivity index (χ2n) is 4.70. The van der Waals surface area contributed by atoms with Crippen molar-refractivity contribution in [3.05, 3.63) is 35.9 Å². The summed E-state index contributed by atoms with van der Waals surface area (Å²) in [5, 5.41) is 0. The molecule has 0 fully saturated rings. The number of carbonyl (C=O) groups is 1. The summed E-state index contributed by atoms with van der Waals surface area (Å²) in [6.07, 6.45) is 0.0326. The summed E-state index contributed by atoms with van der Waals surface area (Å²) in [4.78, 5) is 10.7. The van der Waals surface area contributed by atoms with Gasteiger partial charge in [0.05, 0.1) is 0 Å². The molecular formula is C13H19NO2. The lowest BCUT2D eigenvalue weighted by Crippen LogP contribution is -2.32. The second-order valence-corrected chi connectivity index (χ2v) is 4.70. The zero-order valence-electron chi connectivity index (χ0n) is 10.1. The largest absolute Gasteiger partial charge is 0.444 e.